The zero-order valence-electron chi connectivity index (χ0n) is 26.4. The summed E-state index contributed by atoms with van der Waals surface area (Å²) in [5.74, 6) is 0. The number of furan rings is 2. The van der Waals surface area contributed by atoms with Crippen LogP contribution in [0.5, 0.6) is 0 Å². The Bertz CT molecular complexity index is 2830. The fourth-order valence-electron chi connectivity index (χ4n) is 7.13. The van der Waals surface area contributed by atoms with E-state index in [0.717, 1.165) is 72.2 Å². The van der Waals surface area contributed by atoms with Crippen molar-refractivity contribution >= 4 is 71.7 Å². The molecule has 7 aromatic carbocycles. The van der Waals surface area contributed by atoms with E-state index in [9.17, 15) is 0 Å². The zero-order valence-corrected chi connectivity index (χ0v) is 26.4. The third kappa shape index (κ3) is 4.57. The maximum Gasteiger partial charge on any atom is 0.139 e. The van der Waals surface area contributed by atoms with E-state index in [-0.39, 0.29) is 0 Å². The third-order valence-corrected chi connectivity index (χ3v) is 9.51. The van der Waals surface area contributed by atoms with Gasteiger partial charge in [-0.05, 0) is 88.6 Å². The molecule has 3 heterocycles. The quantitative estimate of drug-likeness (QED) is 0.190. The number of aromatic nitrogens is 1. The number of rotatable bonds is 5. The molecular weight excluding hydrogens is 601 g/mol. The number of anilines is 3. The average Bonchev–Trinajstić information content (AvgIpc) is 3.74. The van der Waals surface area contributed by atoms with Crippen LogP contribution in [0.1, 0.15) is 0 Å². The van der Waals surface area contributed by atoms with Crippen LogP contribution in [0.25, 0.3) is 77.0 Å². The van der Waals surface area contributed by atoms with Gasteiger partial charge in [-0.25, -0.2) is 0 Å². The molecule has 10 aromatic rings. The lowest BCUT2D eigenvalue weighted by atomic mass is 10.0. The number of para-hydroxylation sites is 2. The number of fused-ring (bicyclic) bond motifs is 7. The Morgan fingerprint density at radius 3 is 1.78 bits per heavy atom. The van der Waals surface area contributed by atoms with E-state index in [0.29, 0.717) is 0 Å². The predicted octanol–water partition coefficient (Wildman–Crippen LogP) is 12.8. The van der Waals surface area contributed by atoms with Gasteiger partial charge in [0.25, 0.3) is 0 Å². The van der Waals surface area contributed by atoms with E-state index >= 15 is 0 Å². The van der Waals surface area contributed by atoms with E-state index in [1.54, 1.807) is 0 Å². The van der Waals surface area contributed by atoms with Crippen LogP contribution in [0.4, 0.5) is 17.1 Å². The van der Waals surface area contributed by atoms with Gasteiger partial charge >= 0.3 is 0 Å². The maximum atomic E-state index is 6.18. The molecule has 0 aliphatic rings. The predicted molar refractivity (Wildman–Crippen MR) is 202 cm³/mol. The SMILES string of the molecule is c1ccc2cc(-c3ccc(N(c4ccc(-c5nccc6oc7ccccc7c56)cc4)c4ccc5oc6ccccc6c5c4)cc3)ccc2c1. The van der Waals surface area contributed by atoms with Gasteiger partial charge < -0.3 is 13.7 Å². The van der Waals surface area contributed by atoms with E-state index in [2.05, 4.69) is 132 Å². The Balaban J connectivity index is 1.09. The van der Waals surface area contributed by atoms with Gasteiger partial charge in [-0.3, -0.25) is 4.98 Å². The minimum absolute atomic E-state index is 0.837. The van der Waals surface area contributed by atoms with Crippen LogP contribution in [-0.4, -0.2) is 4.98 Å². The van der Waals surface area contributed by atoms with Crippen LogP contribution < -0.4 is 4.90 Å². The van der Waals surface area contributed by atoms with Gasteiger partial charge in [-0.2, -0.15) is 0 Å². The van der Waals surface area contributed by atoms with Gasteiger partial charge in [0.15, 0.2) is 0 Å². The van der Waals surface area contributed by atoms with Crippen LogP contribution in [0.15, 0.2) is 179 Å². The molecule has 0 saturated carbocycles. The summed E-state index contributed by atoms with van der Waals surface area (Å²) in [4.78, 5) is 7.12. The number of hydrogen-bond acceptors (Lipinski definition) is 4. The molecule has 0 radical (unpaired) electrons. The Labute approximate surface area is 282 Å². The van der Waals surface area contributed by atoms with Gasteiger partial charge in [0.05, 0.1) is 11.1 Å². The van der Waals surface area contributed by atoms with Gasteiger partial charge in [-0.1, -0.05) is 97.1 Å². The van der Waals surface area contributed by atoms with E-state index in [1.807, 2.05) is 42.6 Å². The molecule has 4 nitrogen and oxygen atoms in total. The van der Waals surface area contributed by atoms with E-state index < -0.39 is 0 Å². The molecule has 49 heavy (non-hydrogen) atoms. The summed E-state index contributed by atoms with van der Waals surface area (Å²) in [6.45, 7) is 0. The van der Waals surface area contributed by atoms with Crippen LogP contribution in [0, 0.1) is 0 Å². The second-order valence-corrected chi connectivity index (χ2v) is 12.4. The summed E-state index contributed by atoms with van der Waals surface area (Å²) in [6, 6.07) is 57.4. The first kappa shape index (κ1) is 27.5. The number of pyridine rings is 1. The lowest BCUT2D eigenvalue weighted by Gasteiger charge is -2.26. The van der Waals surface area contributed by atoms with Crippen molar-refractivity contribution in [1.82, 2.24) is 4.98 Å². The smallest absolute Gasteiger partial charge is 0.139 e. The Hall–Kier alpha value is -6.65. The van der Waals surface area contributed by atoms with Crippen molar-refractivity contribution in [2.75, 3.05) is 4.90 Å². The van der Waals surface area contributed by atoms with Gasteiger partial charge in [0.1, 0.15) is 22.3 Å². The van der Waals surface area contributed by atoms with E-state index in [4.69, 9.17) is 13.8 Å². The first-order chi connectivity index (χ1) is 24.3. The molecule has 230 valence electrons. The topological polar surface area (TPSA) is 42.4 Å². The fourth-order valence-corrected chi connectivity index (χ4v) is 7.13. The second kappa shape index (κ2) is 11.0. The Kier molecular flexibility index (Phi) is 6.15. The lowest BCUT2D eigenvalue weighted by Crippen LogP contribution is -2.09. The van der Waals surface area contributed by atoms with Crippen LogP contribution in [0.3, 0.4) is 0 Å². The van der Waals surface area contributed by atoms with Gasteiger partial charge in [0.2, 0.25) is 0 Å². The van der Waals surface area contributed by atoms with Crippen molar-refractivity contribution in [3.63, 3.8) is 0 Å². The summed E-state index contributed by atoms with van der Waals surface area (Å²) in [6.07, 6.45) is 1.82. The van der Waals surface area contributed by atoms with Gasteiger partial charge in [-0.15, -0.1) is 0 Å². The highest BCUT2D eigenvalue weighted by Gasteiger charge is 2.18. The molecule has 0 atom stereocenters. The highest BCUT2D eigenvalue weighted by atomic mass is 16.3. The van der Waals surface area contributed by atoms with Gasteiger partial charge in [0, 0.05) is 45.0 Å². The molecule has 4 heteroatoms. The maximum absolute atomic E-state index is 6.18. The standard InChI is InChI=1S/C45H28N2O2/c1-2-8-32-27-33(14-13-29(32)7-1)30-15-19-34(20-16-30)47(36-23-24-42-39(28-36)37-9-3-5-11-40(37)48-42)35-21-17-31(18-22-35)45-44-38-10-4-6-12-41(38)49-43(44)25-26-46-45/h1-28H. The highest BCUT2D eigenvalue weighted by Crippen LogP contribution is 2.41. The molecule has 0 unspecified atom stereocenters. The van der Waals surface area contributed by atoms with Crippen molar-refractivity contribution in [3.05, 3.63) is 170 Å². The van der Waals surface area contributed by atoms with E-state index in [1.165, 1.54) is 21.9 Å². The van der Waals surface area contributed by atoms with Crippen molar-refractivity contribution in [2.45, 2.75) is 0 Å². The van der Waals surface area contributed by atoms with Crippen molar-refractivity contribution in [1.29, 1.82) is 0 Å². The van der Waals surface area contributed by atoms with Crippen LogP contribution >= 0.6 is 0 Å². The largest absolute Gasteiger partial charge is 0.456 e. The molecule has 10 rings (SSSR count). The lowest BCUT2D eigenvalue weighted by molar-refractivity contribution is 0.668. The average molecular weight is 629 g/mol. The molecule has 0 aliphatic carbocycles. The molecule has 0 N–H and O–H groups in total. The Morgan fingerprint density at radius 1 is 0.388 bits per heavy atom. The Morgan fingerprint density at radius 2 is 0.980 bits per heavy atom. The minimum Gasteiger partial charge on any atom is -0.456 e. The molecule has 0 spiro atoms. The second-order valence-electron chi connectivity index (χ2n) is 12.4. The molecular formula is C45H28N2O2. The highest BCUT2D eigenvalue weighted by molar-refractivity contribution is 6.11. The molecule has 0 fully saturated rings. The molecule has 0 saturated heterocycles. The first-order valence-corrected chi connectivity index (χ1v) is 16.4. The summed E-state index contributed by atoms with van der Waals surface area (Å²) >= 11 is 0. The monoisotopic (exact) mass is 628 g/mol. The zero-order chi connectivity index (χ0) is 32.3. The van der Waals surface area contributed by atoms with Crippen molar-refractivity contribution < 1.29 is 8.83 Å². The number of benzene rings is 7. The third-order valence-electron chi connectivity index (χ3n) is 9.51. The normalized spacial score (nSPS) is 11.7. The minimum atomic E-state index is 0.837. The summed E-state index contributed by atoms with van der Waals surface area (Å²) < 4.78 is 12.3. The molecule has 0 bridgehead atoms. The number of hydrogen-bond donors (Lipinski definition) is 0. The summed E-state index contributed by atoms with van der Waals surface area (Å²) in [5, 5.41) is 6.77. The molecule has 0 amide bonds. The fraction of sp³-hybridized carbons (Fsp3) is 0. The van der Waals surface area contributed by atoms with Crippen molar-refractivity contribution in [3.8, 4) is 22.4 Å². The molecule has 0 aliphatic heterocycles. The summed E-state index contributed by atoms with van der Waals surface area (Å²) in [7, 11) is 0. The number of nitrogens with zero attached hydrogens (tertiary/aromatic N) is 2. The molecule has 3 aromatic heterocycles. The van der Waals surface area contributed by atoms with Crippen LogP contribution in [-0.2, 0) is 0 Å². The first-order valence-electron chi connectivity index (χ1n) is 16.4. The summed E-state index contributed by atoms with van der Waals surface area (Å²) in [5.41, 5.74) is 10.9. The van der Waals surface area contributed by atoms with Crippen molar-refractivity contribution in [2.24, 2.45) is 0 Å². The van der Waals surface area contributed by atoms with Crippen LogP contribution in [0.2, 0.25) is 0 Å².